The molecule has 1 aromatic heterocycles. The average molecular weight is 255 g/mol. The molecule has 2 rings (SSSR count). The summed E-state index contributed by atoms with van der Waals surface area (Å²) in [4.78, 5) is 16.0. The van der Waals surface area contributed by atoms with E-state index in [4.69, 9.17) is 5.26 Å². The number of aromatic amines is 1. The summed E-state index contributed by atoms with van der Waals surface area (Å²) in [5.74, 6) is 0.332. The first-order valence-electron chi connectivity index (χ1n) is 5.96. The minimum absolute atomic E-state index is 0.0798. The average Bonchev–Trinajstić information content (AvgIpc) is 2.88. The summed E-state index contributed by atoms with van der Waals surface area (Å²) in [5, 5.41) is 18.1. The van der Waals surface area contributed by atoms with Gasteiger partial charge in [0.15, 0.2) is 0 Å². The third kappa shape index (κ3) is 2.96. The number of nitriles is 1. The van der Waals surface area contributed by atoms with Crippen molar-refractivity contribution in [3.8, 4) is 6.07 Å². The lowest BCUT2D eigenvalue weighted by Crippen LogP contribution is -2.14. The number of carbonyl (C=O) groups excluding carboxylic acids is 1. The van der Waals surface area contributed by atoms with Crippen molar-refractivity contribution in [2.24, 2.45) is 0 Å². The van der Waals surface area contributed by atoms with Crippen molar-refractivity contribution >= 4 is 11.6 Å². The van der Waals surface area contributed by atoms with Crippen molar-refractivity contribution in [2.45, 2.75) is 19.8 Å². The van der Waals surface area contributed by atoms with Crippen LogP contribution in [0, 0.1) is 11.3 Å². The van der Waals surface area contributed by atoms with Gasteiger partial charge in [-0.3, -0.25) is 9.89 Å². The van der Waals surface area contributed by atoms with Gasteiger partial charge in [-0.15, -0.1) is 5.10 Å². The molecule has 6 nitrogen and oxygen atoms in total. The van der Waals surface area contributed by atoms with Gasteiger partial charge in [-0.05, 0) is 18.6 Å². The third-order valence-electron chi connectivity index (χ3n) is 2.52. The van der Waals surface area contributed by atoms with Crippen molar-refractivity contribution in [1.29, 1.82) is 5.26 Å². The summed E-state index contributed by atoms with van der Waals surface area (Å²) in [6.07, 6.45) is 1.67. The van der Waals surface area contributed by atoms with E-state index >= 15 is 0 Å². The van der Waals surface area contributed by atoms with Gasteiger partial charge in [0.2, 0.25) is 5.82 Å². The van der Waals surface area contributed by atoms with Crippen molar-refractivity contribution in [3.05, 3.63) is 41.5 Å². The molecule has 0 fully saturated rings. The van der Waals surface area contributed by atoms with Gasteiger partial charge in [0.25, 0.3) is 5.91 Å². The molecule has 0 saturated heterocycles. The molecular formula is C13H13N5O. The van der Waals surface area contributed by atoms with Crippen LogP contribution in [-0.4, -0.2) is 21.1 Å². The van der Waals surface area contributed by atoms with Gasteiger partial charge < -0.3 is 5.32 Å². The third-order valence-corrected chi connectivity index (χ3v) is 2.52. The number of nitrogens with zero attached hydrogens (tertiary/aromatic N) is 3. The molecule has 0 unspecified atom stereocenters. The Morgan fingerprint density at radius 1 is 1.47 bits per heavy atom. The van der Waals surface area contributed by atoms with Gasteiger partial charge in [0.05, 0.1) is 11.3 Å². The Morgan fingerprint density at radius 2 is 2.26 bits per heavy atom. The number of nitrogens with one attached hydrogen (secondary N) is 2. The van der Waals surface area contributed by atoms with Crippen molar-refractivity contribution in [3.63, 3.8) is 0 Å². The summed E-state index contributed by atoms with van der Waals surface area (Å²) >= 11 is 0. The number of carbonyl (C=O) groups is 1. The molecule has 2 aromatic rings. The molecule has 6 heteroatoms. The van der Waals surface area contributed by atoms with Crippen LogP contribution in [0.3, 0.4) is 0 Å². The van der Waals surface area contributed by atoms with Gasteiger partial charge in [0, 0.05) is 6.42 Å². The molecule has 0 aliphatic rings. The Labute approximate surface area is 110 Å². The predicted molar refractivity (Wildman–Crippen MR) is 69.5 cm³/mol. The summed E-state index contributed by atoms with van der Waals surface area (Å²) in [6.45, 7) is 2.02. The van der Waals surface area contributed by atoms with Gasteiger partial charge in [-0.25, -0.2) is 4.98 Å². The van der Waals surface area contributed by atoms with Crippen molar-refractivity contribution < 1.29 is 4.79 Å². The number of para-hydroxylation sites is 1. The molecule has 0 radical (unpaired) electrons. The minimum atomic E-state index is -0.429. The van der Waals surface area contributed by atoms with Crippen LogP contribution in [0.4, 0.5) is 5.69 Å². The van der Waals surface area contributed by atoms with Gasteiger partial charge in [-0.2, -0.15) is 5.26 Å². The summed E-state index contributed by atoms with van der Waals surface area (Å²) in [6, 6.07) is 8.80. The Morgan fingerprint density at radius 3 is 3.00 bits per heavy atom. The summed E-state index contributed by atoms with van der Waals surface area (Å²) in [5.41, 5.74) is 0.858. The number of anilines is 1. The molecule has 1 amide bonds. The zero-order valence-corrected chi connectivity index (χ0v) is 10.5. The van der Waals surface area contributed by atoms with E-state index in [0.717, 1.165) is 12.8 Å². The fourth-order valence-electron chi connectivity index (χ4n) is 1.61. The molecule has 1 aromatic carbocycles. The van der Waals surface area contributed by atoms with Crippen LogP contribution in [0.5, 0.6) is 0 Å². The first-order valence-corrected chi connectivity index (χ1v) is 5.96. The predicted octanol–water partition coefficient (Wildman–Crippen LogP) is 1.88. The molecule has 1 heterocycles. The van der Waals surface area contributed by atoms with Crippen LogP contribution >= 0.6 is 0 Å². The zero-order chi connectivity index (χ0) is 13.7. The normalized spacial score (nSPS) is 9.89. The molecule has 2 N–H and O–H groups in total. The Balaban J connectivity index is 2.14. The fourth-order valence-corrected chi connectivity index (χ4v) is 1.61. The topological polar surface area (TPSA) is 94.5 Å². The highest BCUT2D eigenvalue weighted by Gasteiger charge is 2.13. The monoisotopic (exact) mass is 255 g/mol. The van der Waals surface area contributed by atoms with Crippen LogP contribution in [0.15, 0.2) is 24.3 Å². The SMILES string of the molecule is CCCc1nc(C(=O)Nc2ccccc2C#N)n[nH]1. The zero-order valence-electron chi connectivity index (χ0n) is 10.5. The van der Waals surface area contributed by atoms with Gasteiger partial charge >= 0.3 is 0 Å². The number of aryl methyl sites for hydroxylation is 1. The maximum atomic E-state index is 11.9. The van der Waals surface area contributed by atoms with Gasteiger partial charge in [-0.1, -0.05) is 19.1 Å². The van der Waals surface area contributed by atoms with Gasteiger partial charge in [0.1, 0.15) is 11.9 Å². The molecule has 0 saturated carbocycles. The smallest absolute Gasteiger partial charge is 0.295 e. The summed E-state index contributed by atoms with van der Waals surface area (Å²) in [7, 11) is 0. The number of hydrogen-bond acceptors (Lipinski definition) is 4. The lowest BCUT2D eigenvalue weighted by Gasteiger charge is -2.03. The van der Waals surface area contributed by atoms with E-state index in [9.17, 15) is 4.79 Å². The first-order chi connectivity index (χ1) is 9.24. The second kappa shape index (κ2) is 5.78. The van der Waals surface area contributed by atoms with Crippen molar-refractivity contribution in [1.82, 2.24) is 15.2 Å². The largest absolute Gasteiger partial charge is 0.318 e. The molecule has 0 atom stereocenters. The van der Waals surface area contributed by atoms with E-state index in [1.54, 1.807) is 24.3 Å². The number of amides is 1. The molecule has 96 valence electrons. The highest BCUT2D eigenvalue weighted by atomic mass is 16.2. The highest BCUT2D eigenvalue weighted by Crippen LogP contribution is 2.14. The van der Waals surface area contributed by atoms with Crippen LogP contribution in [0.2, 0.25) is 0 Å². The molecule has 0 bridgehead atoms. The lowest BCUT2D eigenvalue weighted by molar-refractivity contribution is 0.101. The van der Waals surface area contributed by atoms with E-state index in [0.29, 0.717) is 17.1 Å². The second-order valence-corrected chi connectivity index (χ2v) is 3.97. The molecule has 0 spiro atoms. The van der Waals surface area contributed by atoms with Crippen LogP contribution in [-0.2, 0) is 6.42 Å². The number of H-pyrrole nitrogens is 1. The van der Waals surface area contributed by atoms with E-state index in [-0.39, 0.29) is 5.82 Å². The van der Waals surface area contributed by atoms with Crippen LogP contribution < -0.4 is 5.32 Å². The lowest BCUT2D eigenvalue weighted by atomic mass is 10.2. The Hall–Kier alpha value is -2.68. The first kappa shape index (κ1) is 12.8. The van der Waals surface area contributed by atoms with E-state index in [1.165, 1.54) is 0 Å². The number of hydrogen-bond donors (Lipinski definition) is 2. The van der Waals surface area contributed by atoms with E-state index in [2.05, 4.69) is 20.5 Å². The number of benzene rings is 1. The Kier molecular flexibility index (Phi) is 3.88. The van der Waals surface area contributed by atoms with E-state index in [1.807, 2.05) is 13.0 Å². The maximum Gasteiger partial charge on any atom is 0.295 e. The number of rotatable bonds is 4. The highest BCUT2D eigenvalue weighted by molar-refractivity contribution is 6.02. The summed E-state index contributed by atoms with van der Waals surface area (Å²) < 4.78 is 0. The fraction of sp³-hybridized carbons (Fsp3) is 0.231. The van der Waals surface area contributed by atoms with Crippen LogP contribution in [0.25, 0.3) is 0 Å². The molecular weight excluding hydrogens is 242 g/mol. The van der Waals surface area contributed by atoms with Crippen molar-refractivity contribution in [2.75, 3.05) is 5.32 Å². The standard InChI is InChI=1S/C13H13N5O/c1-2-5-11-16-12(18-17-11)13(19)15-10-7-4-3-6-9(10)8-14/h3-4,6-7H,2,5H2,1H3,(H,15,19)(H,16,17,18). The Bertz CT molecular complexity index is 626. The second-order valence-electron chi connectivity index (χ2n) is 3.97. The minimum Gasteiger partial charge on any atom is -0.318 e. The maximum absolute atomic E-state index is 11.9. The molecule has 0 aliphatic heterocycles. The number of aromatic nitrogens is 3. The van der Waals surface area contributed by atoms with Crippen LogP contribution in [0.1, 0.15) is 35.4 Å². The molecule has 0 aliphatic carbocycles. The molecule has 19 heavy (non-hydrogen) atoms. The quantitative estimate of drug-likeness (QED) is 0.872. The van der Waals surface area contributed by atoms with E-state index < -0.39 is 5.91 Å².